The Balaban J connectivity index is 2.13. The van der Waals surface area contributed by atoms with E-state index >= 15 is 0 Å². The number of halogens is 2. The van der Waals surface area contributed by atoms with Crippen molar-refractivity contribution in [2.24, 2.45) is 0 Å². The summed E-state index contributed by atoms with van der Waals surface area (Å²) < 4.78 is 26.3. The number of aromatic nitrogens is 2. The molecule has 21 heavy (non-hydrogen) atoms. The molecule has 0 saturated carbocycles. The molecule has 0 aliphatic rings. The molecule has 2 aromatic heterocycles. The van der Waals surface area contributed by atoms with Gasteiger partial charge in [-0.05, 0) is 25.0 Å². The van der Waals surface area contributed by atoms with Crippen LogP contribution < -0.4 is 0 Å². The molecule has 114 valence electrons. The van der Waals surface area contributed by atoms with Gasteiger partial charge in [0.05, 0.1) is 11.4 Å². The Kier molecular flexibility index (Phi) is 4.72. The fourth-order valence-corrected chi connectivity index (χ4v) is 3.20. The summed E-state index contributed by atoms with van der Waals surface area (Å²) in [6, 6.07) is 1.85. The molecule has 0 aliphatic carbocycles. The van der Waals surface area contributed by atoms with Crippen molar-refractivity contribution in [2.75, 3.05) is 7.05 Å². The van der Waals surface area contributed by atoms with Crippen molar-refractivity contribution in [1.29, 1.82) is 0 Å². The van der Waals surface area contributed by atoms with Crippen LogP contribution in [0.1, 0.15) is 39.4 Å². The van der Waals surface area contributed by atoms with Crippen LogP contribution in [0.25, 0.3) is 0 Å². The Morgan fingerprint density at radius 2 is 2.24 bits per heavy atom. The third-order valence-corrected chi connectivity index (χ3v) is 4.61. The number of hydrogen-bond acceptors (Lipinski definition) is 3. The summed E-state index contributed by atoms with van der Waals surface area (Å²) in [5.41, 5.74) is 1.09. The Labute approximate surface area is 126 Å². The van der Waals surface area contributed by atoms with Gasteiger partial charge in [0.25, 0.3) is 5.91 Å². The molecule has 4 nitrogen and oxygen atoms in total. The van der Waals surface area contributed by atoms with E-state index in [1.54, 1.807) is 7.05 Å². The van der Waals surface area contributed by atoms with E-state index in [2.05, 4.69) is 4.98 Å². The van der Waals surface area contributed by atoms with Gasteiger partial charge in [-0.15, -0.1) is 11.3 Å². The van der Waals surface area contributed by atoms with Crippen LogP contribution in [0.15, 0.2) is 18.5 Å². The Morgan fingerprint density at radius 1 is 1.52 bits per heavy atom. The summed E-state index contributed by atoms with van der Waals surface area (Å²) in [5, 5.41) is 0. The fourth-order valence-electron chi connectivity index (χ4n) is 2.09. The molecule has 0 spiro atoms. The van der Waals surface area contributed by atoms with Crippen molar-refractivity contribution < 1.29 is 13.6 Å². The minimum Gasteiger partial charge on any atom is -0.334 e. The first-order valence-electron chi connectivity index (χ1n) is 6.58. The summed E-state index contributed by atoms with van der Waals surface area (Å²) in [4.78, 5) is 19.4. The zero-order valence-corrected chi connectivity index (χ0v) is 13.0. The Bertz CT molecular complexity index is 636. The lowest BCUT2D eigenvalue weighted by Gasteiger charge is -2.16. The molecular formula is C14H17F2N3OS. The van der Waals surface area contributed by atoms with Crippen molar-refractivity contribution in [1.82, 2.24) is 14.5 Å². The van der Waals surface area contributed by atoms with E-state index in [0.717, 1.165) is 16.6 Å². The third kappa shape index (κ3) is 3.29. The monoisotopic (exact) mass is 313 g/mol. The van der Waals surface area contributed by atoms with Crippen LogP contribution >= 0.6 is 11.3 Å². The van der Waals surface area contributed by atoms with Gasteiger partial charge in [0.1, 0.15) is 5.82 Å². The second-order valence-electron chi connectivity index (χ2n) is 4.76. The maximum atomic E-state index is 12.8. The van der Waals surface area contributed by atoms with Gasteiger partial charge in [-0.3, -0.25) is 9.36 Å². The smallest absolute Gasteiger partial charge is 0.319 e. The van der Waals surface area contributed by atoms with Crippen molar-refractivity contribution >= 4 is 17.2 Å². The molecule has 0 aliphatic heterocycles. The van der Waals surface area contributed by atoms with Crippen LogP contribution in [-0.2, 0) is 13.0 Å². The second kappa shape index (κ2) is 6.34. The van der Waals surface area contributed by atoms with E-state index in [1.807, 2.05) is 19.9 Å². The largest absolute Gasteiger partial charge is 0.334 e. The van der Waals surface area contributed by atoms with Crippen molar-refractivity contribution in [3.05, 3.63) is 39.6 Å². The van der Waals surface area contributed by atoms with Gasteiger partial charge in [0, 0.05) is 24.3 Å². The minimum absolute atomic E-state index is 0.0502. The predicted molar refractivity (Wildman–Crippen MR) is 77.7 cm³/mol. The molecular weight excluding hydrogens is 296 g/mol. The zero-order valence-electron chi connectivity index (χ0n) is 12.1. The van der Waals surface area contributed by atoms with Gasteiger partial charge in [0.15, 0.2) is 0 Å². The quantitative estimate of drug-likeness (QED) is 0.847. The first-order valence-corrected chi connectivity index (χ1v) is 7.40. The summed E-state index contributed by atoms with van der Waals surface area (Å²) in [6.07, 6.45) is 3.40. The van der Waals surface area contributed by atoms with E-state index in [9.17, 15) is 13.6 Å². The standard InChI is InChI=1S/C14H17F2N3OS/c1-4-10-9(2)7-11(21-10)13(20)18(3)8-12-17-5-6-19(12)14(15)16/h5-7,14H,4,8H2,1-3H3. The third-order valence-electron chi connectivity index (χ3n) is 3.24. The van der Waals surface area contributed by atoms with Crippen LogP contribution in [0.3, 0.4) is 0 Å². The van der Waals surface area contributed by atoms with E-state index in [-0.39, 0.29) is 18.3 Å². The number of imidazole rings is 1. The van der Waals surface area contributed by atoms with Crippen molar-refractivity contribution in [2.45, 2.75) is 33.4 Å². The normalized spacial score (nSPS) is 11.1. The number of carbonyl (C=O) groups excluding carboxylic acids is 1. The lowest BCUT2D eigenvalue weighted by atomic mass is 10.2. The van der Waals surface area contributed by atoms with Gasteiger partial charge in [-0.2, -0.15) is 8.78 Å². The number of thiophene rings is 1. The molecule has 0 aromatic carbocycles. The average molecular weight is 313 g/mol. The lowest BCUT2D eigenvalue weighted by Crippen LogP contribution is -2.27. The molecule has 0 radical (unpaired) electrons. The molecule has 2 heterocycles. The molecule has 0 bridgehead atoms. The summed E-state index contributed by atoms with van der Waals surface area (Å²) in [6.45, 7) is 1.40. The molecule has 2 aromatic rings. The van der Waals surface area contributed by atoms with Gasteiger partial charge in [-0.25, -0.2) is 4.98 Å². The number of amides is 1. The maximum absolute atomic E-state index is 12.8. The molecule has 0 N–H and O–H groups in total. The number of aryl methyl sites for hydroxylation is 2. The van der Waals surface area contributed by atoms with Crippen LogP contribution in [0, 0.1) is 6.92 Å². The van der Waals surface area contributed by atoms with Crippen molar-refractivity contribution in [3.8, 4) is 0 Å². The lowest BCUT2D eigenvalue weighted by molar-refractivity contribution is 0.0613. The van der Waals surface area contributed by atoms with Gasteiger partial charge >= 0.3 is 6.55 Å². The zero-order chi connectivity index (χ0) is 15.6. The van der Waals surface area contributed by atoms with E-state index in [0.29, 0.717) is 4.88 Å². The molecule has 0 unspecified atom stereocenters. The van der Waals surface area contributed by atoms with Crippen LogP contribution in [0.2, 0.25) is 0 Å². The molecule has 1 amide bonds. The molecule has 2 rings (SSSR count). The van der Waals surface area contributed by atoms with Crippen LogP contribution in [-0.4, -0.2) is 27.4 Å². The number of rotatable bonds is 5. The average Bonchev–Trinajstić information content (AvgIpc) is 3.04. The number of nitrogens with zero attached hydrogens (tertiary/aromatic N) is 3. The van der Waals surface area contributed by atoms with E-state index in [1.165, 1.54) is 33.5 Å². The highest BCUT2D eigenvalue weighted by molar-refractivity contribution is 7.14. The second-order valence-corrected chi connectivity index (χ2v) is 5.90. The number of hydrogen-bond donors (Lipinski definition) is 0. The van der Waals surface area contributed by atoms with Crippen LogP contribution in [0.4, 0.5) is 8.78 Å². The van der Waals surface area contributed by atoms with Gasteiger partial charge in [-0.1, -0.05) is 6.92 Å². The van der Waals surface area contributed by atoms with Gasteiger partial charge in [0.2, 0.25) is 0 Å². The topological polar surface area (TPSA) is 38.1 Å². The van der Waals surface area contributed by atoms with E-state index in [4.69, 9.17) is 0 Å². The highest BCUT2D eigenvalue weighted by atomic mass is 32.1. The number of carbonyl (C=O) groups is 1. The highest BCUT2D eigenvalue weighted by Crippen LogP contribution is 2.24. The Hall–Kier alpha value is -1.76. The number of alkyl halides is 2. The minimum atomic E-state index is -2.65. The fraction of sp³-hybridized carbons (Fsp3) is 0.429. The molecule has 0 fully saturated rings. The Morgan fingerprint density at radius 3 is 2.81 bits per heavy atom. The first-order chi connectivity index (χ1) is 9.93. The summed E-state index contributed by atoms with van der Waals surface area (Å²) in [7, 11) is 1.59. The summed E-state index contributed by atoms with van der Waals surface area (Å²) >= 11 is 1.45. The molecule has 0 saturated heterocycles. The van der Waals surface area contributed by atoms with E-state index < -0.39 is 6.55 Å². The molecule has 0 atom stereocenters. The van der Waals surface area contributed by atoms with Crippen molar-refractivity contribution in [3.63, 3.8) is 0 Å². The predicted octanol–water partition coefficient (Wildman–Crippen LogP) is 3.48. The van der Waals surface area contributed by atoms with Crippen LogP contribution in [0.5, 0.6) is 0 Å². The SMILES string of the molecule is CCc1sc(C(=O)N(C)Cc2nccn2C(F)F)cc1C. The first kappa shape index (κ1) is 15.6. The summed E-state index contributed by atoms with van der Waals surface area (Å²) in [5.74, 6) is -0.00328. The van der Waals surface area contributed by atoms with Gasteiger partial charge < -0.3 is 4.90 Å². The molecule has 7 heteroatoms. The maximum Gasteiger partial charge on any atom is 0.319 e. The highest BCUT2D eigenvalue weighted by Gasteiger charge is 2.19.